The van der Waals surface area contributed by atoms with Crippen LogP contribution in [0.4, 0.5) is 0 Å². The molecular formula is C19H24N4O6. The fraction of sp³-hybridized carbons (Fsp3) is 0.474. The molecule has 156 valence electrons. The van der Waals surface area contributed by atoms with Gasteiger partial charge in [-0.25, -0.2) is 4.79 Å². The molecule has 29 heavy (non-hydrogen) atoms. The van der Waals surface area contributed by atoms with Gasteiger partial charge in [-0.15, -0.1) is 0 Å². The lowest BCUT2D eigenvalue weighted by Crippen LogP contribution is -2.47. The summed E-state index contributed by atoms with van der Waals surface area (Å²) in [6, 6.07) is 4.70. The highest BCUT2D eigenvalue weighted by Gasteiger charge is 2.29. The van der Waals surface area contributed by atoms with Gasteiger partial charge in [-0.2, -0.15) is 0 Å². The number of amides is 2. The number of amidine groups is 1. The van der Waals surface area contributed by atoms with E-state index in [2.05, 4.69) is 0 Å². The fourth-order valence-corrected chi connectivity index (χ4v) is 3.40. The van der Waals surface area contributed by atoms with Gasteiger partial charge < -0.3 is 30.1 Å². The molecule has 2 amide bonds. The number of hydrogen-bond acceptors (Lipinski definition) is 6. The van der Waals surface area contributed by atoms with Gasteiger partial charge in [0.1, 0.15) is 31.3 Å². The first kappa shape index (κ1) is 20.6. The molecule has 0 bridgehead atoms. The Morgan fingerprint density at radius 2 is 2.00 bits per heavy atom. The van der Waals surface area contributed by atoms with Crippen LogP contribution in [0.5, 0.6) is 5.75 Å². The molecule has 2 aliphatic heterocycles. The van der Waals surface area contributed by atoms with Gasteiger partial charge in [-0.1, -0.05) is 6.07 Å². The highest BCUT2D eigenvalue weighted by atomic mass is 16.5. The van der Waals surface area contributed by atoms with E-state index in [4.69, 9.17) is 25.7 Å². The molecule has 1 fully saturated rings. The monoisotopic (exact) mass is 404 g/mol. The van der Waals surface area contributed by atoms with Gasteiger partial charge in [0, 0.05) is 18.7 Å². The molecule has 0 saturated carbocycles. The topological polar surface area (TPSA) is 146 Å². The summed E-state index contributed by atoms with van der Waals surface area (Å²) in [7, 11) is 0. The second-order valence-corrected chi connectivity index (χ2v) is 6.98. The zero-order chi connectivity index (χ0) is 21.0. The Morgan fingerprint density at radius 3 is 2.66 bits per heavy atom. The molecule has 2 aliphatic rings. The molecule has 0 aromatic heterocycles. The quantitative estimate of drug-likeness (QED) is 0.443. The summed E-state index contributed by atoms with van der Waals surface area (Å²) in [6.45, 7) is 1.02. The Morgan fingerprint density at radius 1 is 1.28 bits per heavy atom. The molecular weight excluding hydrogens is 380 g/mol. The van der Waals surface area contributed by atoms with Crippen LogP contribution in [-0.4, -0.2) is 84.0 Å². The zero-order valence-corrected chi connectivity index (χ0v) is 15.9. The molecule has 0 unspecified atom stereocenters. The molecule has 2 heterocycles. The minimum Gasteiger partial charge on any atom is -0.491 e. The number of piperidine rings is 1. The van der Waals surface area contributed by atoms with Gasteiger partial charge >= 0.3 is 5.97 Å². The van der Waals surface area contributed by atoms with Crippen molar-refractivity contribution in [3.05, 3.63) is 29.3 Å². The molecule has 1 aromatic rings. The first-order valence-corrected chi connectivity index (χ1v) is 9.37. The highest BCUT2D eigenvalue weighted by molar-refractivity contribution is 6.01. The number of fused-ring (bicyclic) bond motifs is 1. The molecule has 0 atom stereocenters. The van der Waals surface area contributed by atoms with E-state index in [1.54, 1.807) is 23.1 Å². The van der Waals surface area contributed by atoms with E-state index >= 15 is 0 Å². The summed E-state index contributed by atoms with van der Waals surface area (Å²) < 4.78 is 10.9. The lowest BCUT2D eigenvalue weighted by Gasteiger charge is -2.33. The number of aliphatic carboxylic acids is 1. The number of carboxylic acid groups (broad SMARTS) is 1. The molecule has 4 N–H and O–H groups in total. The van der Waals surface area contributed by atoms with Gasteiger partial charge in [0.15, 0.2) is 0 Å². The predicted octanol–water partition coefficient (Wildman–Crippen LogP) is -0.103. The standard InChI is InChI=1S/C19H24N4O6/c20-18(21)12-1-2-14-15(9-12)28-8-7-23(19(14)27)10-16(24)22-5-3-13(4-6-22)29-11-17(25)26/h1-2,9,13H,3-8,10-11H2,(H3,20,21)(H,25,26). The molecule has 0 radical (unpaired) electrons. The van der Waals surface area contributed by atoms with Gasteiger partial charge in [-0.05, 0) is 25.0 Å². The summed E-state index contributed by atoms with van der Waals surface area (Å²) in [5.41, 5.74) is 6.29. The number of nitrogens with zero attached hydrogens (tertiary/aromatic N) is 2. The van der Waals surface area contributed by atoms with Crippen molar-refractivity contribution >= 4 is 23.6 Å². The summed E-state index contributed by atoms with van der Waals surface area (Å²) in [5, 5.41) is 16.2. The summed E-state index contributed by atoms with van der Waals surface area (Å²) >= 11 is 0. The molecule has 1 aromatic carbocycles. The molecule has 10 heteroatoms. The minimum absolute atomic E-state index is 0.0588. The Balaban J connectivity index is 1.59. The van der Waals surface area contributed by atoms with E-state index in [1.807, 2.05) is 0 Å². The van der Waals surface area contributed by atoms with E-state index < -0.39 is 5.97 Å². The van der Waals surface area contributed by atoms with Crippen LogP contribution in [-0.2, 0) is 14.3 Å². The Bertz CT molecular complexity index is 819. The van der Waals surface area contributed by atoms with Crippen LogP contribution >= 0.6 is 0 Å². The number of carbonyl (C=O) groups excluding carboxylic acids is 2. The average Bonchev–Trinajstić information content (AvgIpc) is 2.85. The van der Waals surface area contributed by atoms with Gasteiger partial charge in [-0.3, -0.25) is 15.0 Å². The van der Waals surface area contributed by atoms with E-state index in [0.29, 0.717) is 42.8 Å². The fourth-order valence-electron chi connectivity index (χ4n) is 3.40. The van der Waals surface area contributed by atoms with Crippen molar-refractivity contribution in [3.8, 4) is 5.75 Å². The van der Waals surface area contributed by atoms with Gasteiger partial charge in [0.05, 0.1) is 18.2 Å². The van der Waals surface area contributed by atoms with Crippen molar-refractivity contribution < 1.29 is 29.0 Å². The van der Waals surface area contributed by atoms with Crippen molar-refractivity contribution in [2.24, 2.45) is 5.73 Å². The minimum atomic E-state index is -1.01. The van der Waals surface area contributed by atoms with Crippen LogP contribution in [0.1, 0.15) is 28.8 Å². The number of nitrogen functional groups attached to an aromatic ring is 1. The van der Waals surface area contributed by atoms with Crippen molar-refractivity contribution in [3.63, 3.8) is 0 Å². The van der Waals surface area contributed by atoms with Crippen LogP contribution in [0, 0.1) is 5.41 Å². The van der Waals surface area contributed by atoms with Crippen molar-refractivity contribution in [2.45, 2.75) is 18.9 Å². The van der Waals surface area contributed by atoms with E-state index in [-0.39, 0.29) is 50.1 Å². The molecule has 0 spiro atoms. The SMILES string of the molecule is N=C(N)c1ccc2c(c1)OCCN(CC(=O)N1CCC(OCC(=O)O)CC1)C2=O. The Kier molecular flexibility index (Phi) is 6.32. The van der Waals surface area contributed by atoms with Crippen LogP contribution in [0.15, 0.2) is 18.2 Å². The number of nitrogens with one attached hydrogen (secondary N) is 1. The van der Waals surface area contributed by atoms with Crippen LogP contribution < -0.4 is 10.5 Å². The van der Waals surface area contributed by atoms with Crippen molar-refractivity contribution in [1.29, 1.82) is 5.41 Å². The number of hydrogen-bond donors (Lipinski definition) is 3. The third-order valence-electron chi connectivity index (χ3n) is 4.99. The normalized spacial score (nSPS) is 17.3. The maximum absolute atomic E-state index is 12.9. The number of nitrogens with two attached hydrogens (primary N) is 1. The maximum atomic E-state index is 12.9. The smallest absolute Gasteiger partial charge is 0.329 e. The Hall–Kier alpha value is -3.14. The molecule has 10 nitrogen and oxygen atoms in total. The lowest BCUT2D eigenvalue weighted by atomic mass is 10.1. The van der Waals surface area contributed by atoms with Crippen LogP contribution in [0.3, 0.4) is 0 Å². The van der Waals surface area contributed by atoms with Gasteiger partial charge in [0.2, 0.25) is 5.91 Å². The highest BCUT2D eigenvalue weighted by Crippen LogP contribution is 2.25. The third-order valence-corrected chi connectivity index (χ3v) is 4.99. The second-order valence-electron chi connectivity index (χ2n) is 6.98. The van der Waals surface area contributed by atoms with Gasteiger partial charge in [0.25, 0.3) is 5.91 Å². The number of likely N-dealkylation sites (tertiary alicyclic amines) is 1. The lowest BCUT2D eigenvalue weighted by molar-refractivity contribution is -0.147. The first-order chi connectivity index (χ1) is 13.8. The predicted molar refractivity (Wildman–Crippen MR) is 102 cm³/mol. The number of ether oxygens (including phenoxy) is 2. The van der Waals surface area contributed by atoms with E-state index in [0.717, 1.165) is 0 Å². The largest absolute Gasteiger partial charge is 0.491 e. The molecule has 3 rings (SSSR count). The van der Waals surface area contributed by atoms with Crippen LogP contribution in [0.2, 0.25) is 0 Å². The summed E-state index contributed by atoms with van der Waals surface area (Å²) in [5.74, 6) is -1.24. The van der Waals surface area contributed by atoms with E-state index in [1.165, 1.54) is 4.90 Å². The summed E-state index contributed by atoms with van der Waals surface area (Å²) in [6.07, 6.45) is 0.949. The third kappa shape index (κ3) is 5.02. The average molecular weight is 404 g/mol. The number of benzene rings is 1. The van der Waals surface area contributed by atoms with E-state index in [9.17, 15) is 14.4 Å². The zero-order valence-electron chi connectivity index (χ0n) is 15.9. The number of rotatable bonds is 6. The number of carboxylic acids is 1. The maximum Gasteiger partial charge on any atom is 0.329 e. The molecule has 0 aliphatic carbocycles. The Labute approximate surface area is 167 Å². The summed E-state index contributed by atoms with van der Waals surface area (Å²) in [4.78, 5) is 39.2. The molecule has 1 saturated heterocycles. The second kappa shape index (κ2) is 8.91. The first-order valence-electron chi connectivity index (χ1n) is 9.37. The van der Waals surface area contributed by atoms with Crippen molar-refractivity contribution in [2.75, 3.05) is 39.4 Å². The number of carbonyl (C=O) groups is 3. The van der Waals surface area contributed by atoms with Crippen LogP contribution in [0.25, 0.3) is 0 Å². The van der Waals surface area contributed by atoms with Crippen molar-refractivity contribution in [1.82, 2.24) is 9.80 Å².